The molecule has 0 amide bonds. The van der Waals surface area contributed by atoms with E-state index in [1.54, 1.807) is 12.1 Å². The van der Waals surface area contributed by atoms with Crippen LogP contribution in [0.2, 0.25) is 19.6 Å². The monoisotopic (exact) mass is 438 g/mol. The second-order valence-electron chi connectivity index (χ2n) is 8.57. The smallest absolute Gasteiger partial charge is 0.399 e. The first-order valence-corrected chi connectivity index (χ1v) is 13.4. The molecule has 2 nitrogen and oxygen atoms in total. The molecule has 0 aliphatic rings. The lowest BCUT2D eigenvalue weighted by Crippen LogP contribution is -2.44. The quantitative estimate of drug-likeness (QED) is 0.229. The molecular formula is C25H25F3N2Si. The van der Waals surface area contributed by atoms with Crippen molar-refractivity contribution in [2.45, 2.75) is 31.2 Å². The van der Waals surface area contributed by atoms with Gasteiger partial charge >= 0.3 is 6.18 Å². The van der Waals surface area contributed by atoms with Crippen molar-refractivity contribution in [1.82, 2.24) is 0 Å². The van der Waals surface area contributed by atoms with Gasteiger partial charge in [-0.15, -0.1) is 5.54 Å². The fraction of sp³-hybridized carbons (Fsp3) is 0.200. The second-order valence-corrected chi connectivity index (χ2v) is 13.3. The van der Waals surface area contributed by atoms with Gasteiger partial charge in [0, 0.05) is 16.9 Å². The third-order valence-corrected chi connectivity index (χ3v) is 5.89. The topological polar surface area (TPSA) is 52.0 Å². The molecule has 3 aromatic carbocycles. The predicted octanol–water partition coefficient (Wildman–Crippen LogP) is 5.98. The number of nitrogen functional groups attached to an aromatic ring is 2. The van der Waals surface area contributed by atoms with Gasteiger partial charge in [0.05, 0.1) is 0 Å². The summed E-state index contributed by atoms with van der Waals surface area (Å²) >= 11 is 0. The van der Waals surface area contributed by atoms with Crippen molar-refractivity contribution in [2.24, 2.45) is 0 Å². The Bertz CT molecular complexity index is 1050. The largest absolute Gasteiger partial charge is 0.406 e. The van der Waals surface area contributed by atoms with Gasteiger partial charge in [-0.05, 0) is 53.1 Å². The van der Waals surface area contributed by atoms with Crippen LogP contribution in [-0.4, -0.2) is 14.3 Å². The number of benzene rings is 3. The van der Waals surface area contributed by atoms with E-state index in [1.165, 1.54) is 60.7 Å². The molecule has 0 aromatic heterocycles. The van der Waals surface area contributed by atoms with E-state index in [0.717, 1.165) is 0 Å². The van der Waals surface area contributed by atoms with Crippen molar-refractivity contribution in [1.29, 1.82) is 0 Å². The normalized spacial score (nSPS) is 12.2. The first-order chi connectivity index (χ1) is 14.4. The van der Waals surface area contributed by atoms with E-state index >= 15 is 0 Å². The molecule has 4 N–H and O–H groups in total. The van der Waals surface area contributed by atoms with Crippen LogP contribution in [-0.2, 0) is 5.41 Å². The number of nitrogens with two attached hydrogens (primary N) is 2. The molecule has 0 fully saturated rings. The molecular weight excluding hydrogens is 413 g/mol. The predicted molar refractivity (Wildman–Crippen MR) is 124 cm³/mol. The first-order valence-electron chi connectivity index (χ1n) is 9.86. The molecule has 0 spiro atoms. The van der Waals surface area contributed by atoms with E-state index in [9.17, 15) is 13.2 Å². The van der Waals surface area contributed by atoms with Gasteiger partial charge in [0.25, 0.3) is 0 Å². The minimum Gasteiger partial charge on any atom is -0.399 e. The molecule has 0 atom stereocenters. The number of anilines is 2. The van der Waals surface area contributed by atoms with Crippen LogP contribution in [0.3, 0.4) is 0 Å². The van der Waals surface area contributed by atoms with Crippen molar-refractivity contribution in [3.8, 4) is 11.5 Å². The molecule has 31 heavy (non-hydrogen) atoms. The Hall–Kier alpha value is -3.17. The van der Waals surface area contributed by atoms with Crippen LogP contribution in [0.15, 0.2) is 72.8 Å². The second kappa shape index (κ2) is 8.16. The summed E-state index contributed by atoms with van der Waals surface area (Å²) < 4.78 is 44.9. The van der Waals surface area contributed by atoms with Gasteiger partial charge < -0.3 is 11.5 Å². The maximum atomic E-state index is 15.0. The van der Waals surface area contributed by atoms with Crippen LogP contribution in [0.25, 0.3) is 0 Å². The lowest BCUT2D eigenvalue weighted by Gasteiger charge is -2.37. The summed E-state index contributed by atoms with van der Waals surface area (Å²) in [5, 5.41) is 0. The Balaban J connectivity index is 2.28. The molecule has 0 aliphatic carbocycles. The number of hydrogen-bond donors (Lipinski definition) is 2. The molecule has 160 valence electrons. The molecule has 0 aliphatic heterocycles. The maximum Gasteiger partial charge on any atom is 0.406 e. The summed E-state index contributed by atoms with van der Waals surface area (Å²) in [5.74, 6) is 3.09. The zero-order chi connectivity index (χ0) is 22.9. The zero-order valence-corrected chi connectivity index (χ0v) is 18.7. The summed E-state index contributed by atoms with van der Waals surface area (Å²) in [6.07, 6.45) is -4.62. The molecule has 0 unspecified atom stereocenters. The Morgan fingerprint density at radius 3 is 1.32 bits per heavy atom. The number of rotatable bonds is 3. The standard InChI is InChI=1S/C25H25F3N2Si/c1-31(2,3)17-16-18-4-6-19(7-5-18)24(25(26,27)28,20-8-12-22(29)13-9-20)21-10-14-23(30)15-11-21/h4-15H,29-30H2,1-3H3. The van der Waals surface area contributed by atoms with E-state index < -0.39 is 19.7 Å². The molecule has 0 heterocycles. The highest BCUT2D eigenvalue weighted by Crippen LogP contribution is 2.51. The third-order valence-electron chi connectivity index (χ3n) is 5.01. The van der Waals surface area contributed by atoms with E-state index in [0.29, 0.717) is 16.9 Å². The van der Waals surface area contributed by atoms with Crippen LogP contribution in [0.1, 0.15) is 22.3 Å². The highest BCUT2D eigenvalue weighted by molar-refractivity contribution is 6.83. The average molecular weight is 439 g/mol. The molecule has 0 bridgehead atoms. The minimum atomic E-state index is -4.62. The molecule has 0 saturated heterocycles. The van der Waals surface area contributed by atoms with Crippen LogP contribution in [0, 0.1) is 11.5 Å². The molecule has 3 aromatic rings. The van der Waals surface area contributed by atoms with Gasteiger partial charge in [0.15, 0.2) is 0 Å². The van der Waals surface area contributed by atoms with Gasteiger partial charge in [-0.3, -0.25) is 0 Å². The molecule has 0 saturated carbocycles. The molecule has 0 radical (unpaired) electrons. The van der Waals surface area contributed by atoms with E-state index in [4.69, 9.17) is 11.5 Å². The van der Waals surface area contributed by atoms with Crippen LogP contribution in [0.5, 0.6) is 0 Å². The van der Waals surface area contributed by atoms with Crippen molar-refractivity contribution >= 4 is 19.4 Å². The summed E-state index contributed by atoms with van der Waals surface area (Å²) in [4.78, 5) is 0. The number of halogens is 3. The van der Waals surface area contributed by atoms with Crippen molar-refractivity contribution < 1.29 is 13.2 Å². The molecule has 6 heteroatoms. The maximum absolute atomic E-state index is 15.0. The number of hydrogen-bond acceptors (Lipinski definition) is 2. The Morgan fingerprint density at radius 1 is 0.645 bits per heavy atom. The van der Waals surface area contributed by atoms with Crippen molar-refractivity contribution in [3.05, 3.63) is 95.1 Å². The van der Waals surface area contributed by atoms with E-state index in [2.05, 4.69) is 31.1 Å². The Morgan fingerprint density at radius 2 is 1.00 bits per heavy atom. The van der Waals surface area contributed by atoms with E-state index in [1.807, 2.05) is 0 Å². The Kier molecular flexibility index (Phi) is 5.93. The SMILES string of the molecule is C[Si](C)(C)C#Cc1ccc(C(c2ccc(N)cc2)(c2ccc(N)cc2)C(F)(F)F)cc1. The minimum absolute atomic E-state index is 0.0832. The van der Waals surface area contributed by atoms with Crippen LogP contribution >= 0.6 is 0 Å². The summed E-state index contributed by atoms with van der Waals surface area (Å²) in [6.45, 7) is 6.35. The van der Waals surface area contributed by atoms with Gasteiger partial charge in [-0.25, -0.2) is 0 Å². The van der Waals surface area contributed by atoms with Crippen LogP contribution in [0.4, 0.5) is 24.5 Å². The number of alkyl halides is 3. The van der Waals surface area contributed by atoms with Crippen molar-refractivity contribution in [3.63, 3.8) is 0 Å². The van der Waals surface area contributed by atoms with E-state index in [-0.39, 0.29) is 16.7 Å². The fourth-order valence-corrected chi connectivity index (χ4v) is 4.04. The zero-order valence-electron chi connectivity index (χ0n) is 17.7. The Labute approximate surface area is 182 Å². The summed E-state index contributed by atoms with van der Waals surface area (Å²) in [7, 11) is -1.60. The average Bonchev–Trinajstić information content (AvgIpc) is 2.69. The summed E-state index contributed by atoms with van der Waals surface area (Å²) in [5.41, 5.74) is 14.1. The molecule has 3 rings (SSSR count). The van der Waals surface area contributed by atoms with Gasteiger partial charge in [-0.1, -0.05) is 62.0 Å². The third kappa shape index (κ3) is 4.62. The highest BCUT2D eigenvalue weighted by Gasteiger charge is 2.58. The van der Waals surface area contributed by atoms with Gasteiger partial charge in [0.2, 0.25) is 0 Å². The van der Waals surface area contributed by atoms with Crippen LogP contribution < -0.4 is 11.5 Å². The van der Waals surface area contributed by atoms with Gasteiger partial charge in [0.1, 0.15) is 13.5 Å². The first kappa shape index (κ1) is 22.5. The fourth-order valence-electron chi connectivity index (χ4n) is 3.52. The lowest BCUT2D eigenvalue weighted by atomic mass is 9.68. The highest BCUT2D eigenvalue weighted by atomic mass is 28.3. The van der Waals surface area contributed by atoms with Crippen molar-refractivity contribution in [2.75, 3.05) is 11.5 Å². The lowest BCUT2D eigenvalue weighted by molar-refractivity contribution is -0.166. The summed E-state index contributed by atoms with van der Waals surface area (Å²) in [6, 6.07) is 18.0. The van der Waals surface area contributed by atoms with Gasteiger partial charge in [-0.2, -0.15) is 13.2 Å².